The number of nitrogens with zero attached hydrogens (tertiary/aromatic N) is 1. The third-order valence-corrected chi connectivity index (χ3v) is 5.11. The normalized spacial score (nSPS) is 12.2. The molecule has 0 unspecified atom stereocenters. The summed E-state index contributed by atoms with van der Waals surface area (Å²) in [4.78, 5) is 15.7. The van der Waals surface area contributed by atoms with Gasteiger partial charge in [0.15, 0.2) is 0 Å². The van der Waals surface area contributed by atoms with Crippen molar-refractivity contribution in [1.29, 1.82) is 0 Å². The van der Waals surface area contributed by atoms with Gasteiger partial charge in [-0.3, -0.25) is 9.78 Å². The summed E-state index contributed by atoms with van der Waals surface area (Å²) in [5, 5.41) is -0.502. The van der Waals surface area contributed by atoms with Gasteiger partial charge < -0.3 is 9.47 Å². The van der Waals surface area contributed by atoms with Crippen LogP contribution in [0.1, 0.15) is 34.9 Å². The first-order valence-corrected chi connectivity index (χ1v) is 9.91. The predicted octanol–water partition coefficient (Wildman–Crippen LogP) is 7.35. The zero-order valence-corrected chi connectivity index (χ0v) is 18.2. The summed E-state index contributed by atoms with van der Waals surface area (Å²) in [5.41, 5.74) is -1.99. The molecular formula is C22H16ClF6NO3. The molecule has 0 fully saturated rings. The van der Waals surface area contributed by atoms with E-state index in [1.165, 1.54) is 13.0 Å². The standard InChI is InChI=1S/C22H16ClF6NO3/c1-10-11(2)30-15-5-7-17(19(22(27,28)29)18(15)20(10)32-12(3)31)33-16-6-4-14(21(24,25)26)8-13(16)9-23/h4-8H,9H2,1-3H3. The molecule has 0 N–H and O–H groups in total. The molecule has 33 heavy (non-hydrogen) atoms. The van der Waals surface area contributed by atoms with E-state index in [2.05, 4.69) is 4.98 Å². The fraction of sp³-hybridized carbons (Fsp3) is 0.273. The summed E-state index contributed by atoms with van der Waals surface area (Å²) in [6, 6.07) is 4.52. The first-order chi connectivity index (χ1) is 15.2. The largest absolute Gasteiger partial charge is 0.456 e. The van der Waals surface area contributed by atoms with Crippen LogP contribution in [0.5, 0.6) is 17.2 Å². The number of pyridine rings is 1. The molecule has 0 saturated heterocycles. The molecule has 0 amide bonds. The minimum atomic E-state index is -4.99. The third kappa shape index (κ3) is 5.00. The van der Waals surface area contributed by atoms with Gasteiger partial charge in [0, 0.05) is 23.7 Å². The lowest BCUT2D eigenvalue weighted by atomic mass is 10.0. The molecule has 0 radical (unpaired) electrons. The van der Waals surface area contributed by atoms with Gasteiger partial charge >= 0.3 is 18.3 Å². The number of halogens is 7. The van der Waals surface area contributed by atoms with Gasteiger partial charge in [0.25, 0.3) is 0 Å². The Morgan fingerprint density at radius 2 is 1.64 bits per heavy atom. The number of rotatable bonds is 4. The Labute approximate surface area is 189 Å². The topological polar surface area (TPSA) is 48.4 Å². The van der Waals surface area contributed by atoms with Crippen LogP contribution >= 0.6 is 11.6 Å². The van der Waals surface area contributed by atoms with Crippen molar-refractivity contribution in [3.8, 4) is 17.2 Å². The van der Waals surface area contributed by atoms with Gasteiger partial charge in [-0.25, -0.2) is 0 Å². The van der Waals surface area contributed by atoms with E-state index in [0.29, 0.717) is 17.8 Å². The van der Waals surface area contributed by atoms with Gasteiger partial charge in [-0.15, -0.1) is 11.6 Å². The van der Waals surface area contributed by atoms with Crippen LogP contribution in [0.3, 0.4) is 0 Å². The molecule has 4 nitrogen and oxygen atoms in total. The maximum absolute atomic E-state index is 14.2. The van der Waals surface area contributed by atoms with E-state index in [1.807, 2.05) is 0 Å². The Kier molecular flexibility index (Phi) is 6.52. The smallest absolute Gasteiger partial charge is 0.420 e. The van der Waals surface area contributed by atoms with Crippen LogP contribution in [0, 0.1) is 13.8 Å². The summed E-state index contributed by atoms with van der Waals surface area (Å²) in [6.07, 6.45) is -9.65. The Bertz CT molecular complexity index is 1240. The van der Waals surface area contributed by atoms with Crippen molar-refractivity contribution >= 4 is 28.5 Å². The molecule has 0 atom stereocenters. The zero-order chi connectivity index (χ0) is 24.7. The van der Waals surface area contributed by atoms with E-state index in [-0.39, 0.29) is 28.1 Å². The lowest BCUT2D eigenvalue weighted by Gasteiger charge is -2.20. The minimum absolute atomic E-state index is 0.0981. The van der Waals surface area contributed by atoms with Crippen LogP contribution < -0.4 is 9.47 Å². The number of carbonyl (C=O) groups is 1. The van der Waals surface area contributed by atoms with E-state index >= 15 is 0 Å². The minimum Gasteiger partial charge on any atom is -0.456 e. The highest BCUT2D eigenvalue weighted by Gasteiger charge is 2.39. The number of alkyl halides is 7. The number of benzene rings is 2. The van der Waals surface area contributed by atoms with Crippen molar-refractivity contribution in [2.75, 3.05) is 0 Å². The Balaban J connectivity index is 2.29. The highest BCUT2D eigenvalue weighted by Crippen LogP contribution is 2.47. The van der Waals surface area contributed by atoms with E-state index < -0.39 is 46.5 Å². The molecule has 0 aliphatic carbocycles. The van der Waals surface area contributed by atoms with Crippen LogP contribution in [-0.4, -0.2) is 11.0 Å². The van der Waals surface area contributed by atoms with Crippen molar-refractivity contribution in [2.24, 2.45) is 0 Å². The van der Waals surface area contributed by atoms with Gasteiger partial charge in [-0.1, -0.05) is 0 Å². The van der Waals surface area contributed by atoms with Gasteiger partial charge in [0.1, 0.15) is 22.8 Å². The van der Waals surface area contributed by atoms with Crippen molar-refractivity contribution in [1.82, 2.24) is 4.98 Å². The predicted molar refractivity (Wildman–Crippen MR) is 109 cm³/mol. The van der Waals surface area contributed by atoms with Crippen LogP contribution in [0.15, 0.2) is 30.3 Å². The van der Waals surface area contributed by atoms with E-state index in [4.69, 9.17) is 21.1 Å². The average Bonchev–Trinajstić information content (AvgIpc) is 2.69. The summed E-state index contributed by atoms with van der Waals surface area (Å²) < 4.78 is 92.1. The van der Waals surface area contributed by atoms with E-state index in [1.54, 1.807) is 6.92 Å². The van der Waals surface area contributed by atoms with Crippen molar-refractivity contribution in [3.05, 3.63) is 58.3 Å². The quantitative estimate of drug-likeness (QED) is 0.217. The lowest BCUT2D eigenvalue weighted by Crippen LogP contribution is -2.12. The van der Waals surface area contributed by atoms with Crippen molar-refractivity contribution < 1.29 is 40.6 Å². The SMILES string of the molecule is CC(=O)Oc1c(C)c(C)nc2ccc(Oc3ccc(C(F)(F)F)cc3CCl)c(C(F)(F)F)c12. The molecule has 176 valence electrons. The highest BCUT2D eigenvalue weighted by molar-refractivity contribution is 6.17. The van der Waals surface area contributed by atoms with Gasteiger partial charge in [-0.2, -0.15) is 26.3 Å². The molecule has 0 spiro atoms. The Morgan fingerprint density at radius 3 is 2.18 bits per heavy atom. The summed E-state index contributed by atoms with van der Waals surface area (Å²) in [7, 11) is 0. The van der Waals surface area contributed by atoms with Crippen LogP contribution in [0.4, 0.5) is 26.3 Å². The molecule has 11 heteroatoms. The van der Waals surface area contributed by atoms with Gasteiger partial charge in [0.05, 0.1) is 22.3 Å². The van der Waals surface area contributed by atoms with Crippen molar-refractivity contribution in [2.45, 2.75) is 39.0 Å². The molecule has 0 saturated carbocycles. The number of aryl methyl sites for hydroxylation is 1. The van der Waals surface area contributed by atoms with E-state index in [0.717, 1.165) is 19.1 Å². The summed E-state index contributed by atoms with van der Waals surface area (Å²) in [6.45, 7) is 4.05. The molecule has 0 aliphatic rings. The number of ether oxygens (including phenoxy) is 2. The summed E-state index contributed by atoms with van der Waals surface area (Å²) >= 11 is 5.73. The molecule has 0 bridgehead atoms. The summed E-state index contributed by atoms with van der Waals surface area (Å²) in [5.74, 6) is -2.59. The maximum atomic E-state index is 14.2. The fourth-order valence-corrected chi connectivity index (χ4v) is 3.44. The molecular weight excluding hydrogens is 476 g/mol. The molecule has 0 aliphatic heterocycles. The second-order valence-corrected chi connectivity index (χ2v) is 7.40. The molecule has 3 aromatic rings. The lowest BCUT2D eigenvalue weighted by molar-refractivity contribution is -0.138. The van der Waals surface area contributed by atoms with Crippen molar-refractivity contribution in [3.63, 3.8) is 0 Å². The van der Waals surface area contributed by atoms with Gasteiger partial charge in [-0.05, 0) is 44.2 Å². The fourth-order valence-electron chi connectivity index (χ4n) is 3.23. The first-order valence-electron chi connectivity index (χ1n) is 9.37. The number of carbonyl (C=O) groups excluding carboxylic acids is 1. The zero-order valence-electron chi connectivity index (χ0n) is 17.4. The number of hydrogen-bond acceptors (Lipinski definition) is 4. The first kappa shape index (κ1) is 24.6. The number of esters is 1. The Morgan fingerprint density at radius 1 is 1.00 bits per heavy atom. The average molecular weight is 492 g/mol. The van der Waals surface area contributed by atoms with Crippen LogP contribution in [0.2, 0.25) is 0 Å². The Hall–Kier alpha value is -3.01. The number of hydrogen-bond donors (Lipinski definition) is 0. The molecule has 2 aromatic carbocycles. The van der Waals surface area contributed by atoms with Crippen LogP contribution in [-0.2, 0) is 23.0 Å². The maximum Gasteiger partial charge on any atom is 0.420 e. The molecule has 3 rings (SSSR count). The number of aromatic nitrogens is 1. The third-order valence-electron chi connectivity index (χ3n) is 4.82. The van der Waals surface area contributed by atoms with E-state index in [9.17, 15) is 31.1 Å². The van der Waals surface area contributed by atoms with Gasteiger partial charge in [0.2, 0.25) is 0 Å². The highest BCUT2D eigenvalue weighted by atomic mass is 35.5. The second-order valence-electron chi connectivity index (χ2n) is 7.13. The monoisotopic (exact) mass is 491 g/mol. The number of fused-ring (bicyclic) bond motifs is 1. The molecule has 1 aromatic heterocycles. The second kappa shape index (κ2) is 8.74. The van der Waals surface area contributed by atoms with Crippen LogP contribution in [0.25, 0.3) is 10.9 Å². The molecule has 1 heterocycles.